The fraction of sp³-hybridized carbons (Fsp3) is 0.280. The van der Waals surface area contributed by atoms with Crippen molar-refractivity contribution < 1.29 is 14.3 Å². The Balaban J connectivity index is 1.20. The molecular formula is C25H25N5O3S. The van der Waals surface area contributed by atoms with Crippen LogP contribution in [0.2, 0.25) is 0 Å². The predicted molar refractivity (Wildman–Crippen MR) is 134 cm³/mol. The van der Waals surface area contributed by atoms with E-state index >= 15 is 0 Å². The maximum absolute atomic E-state index is 12.6. The molecule has 0 unspecified atom stereocenters. The van der Waals surface area contributed by atoms with Crippen LogP contribution in [0.1, 0.15) is 24.0 Å². The van der Waals surface area contributed by atoms with Gasteiger partial charge in [-0.05, 0) is 66.9 Å². The van der Waals surface area contributed by atoms with Gasteiger partial charge in [-0.3, -0.25) is 10.2 Å². The number of rotatable bonds is 6. The number of nitrogens with zero attached hydrogens (tertiary/aromatic N) is 4. The average molecular weight is 476 g/mol. The molecule has 0 bridgehead atoms. The highest BCUT2D eigenvalue weighted by atomic mass is 32.2. The third-order valence-electron chi connectivity index (χ3n) is 5.71. The Labute approximate surface area is 202 Å². The molecule has 174 valence electrons. The molecule has 0 spiro atoms. The molecule has 3 aliphatic heterocycles. The third kappa shape index (κ3) is 4.70. The molecule has 8 nitrogen and oxygen atoms in total. The first-order valence-corrected chi connectivity index (χ1v) is 12.1. The summed E-state index contributed by atoms with van der Waals surface area (Å²) < 4.78 is 11.5. The molecule has 0 saturated carbocycles. The number of amides is 1. The number of amidine groups is 3. The van der Waals surface area contributed by atoms with Crippen LogP contribution in [0.25, 0.3) is 6.08 Å². The maximum atomic E-state index is 12.6. The number of fused-ring (bicyclic) bond motifs is 1. The minimum Gasteiger partial charge on any atom is -0.490 e. The molecule has 9 heteroatoms. The van der Waals surface area contributed by atoms with Gasteiger partial charge in [0.1, 0.15) is 24.7 Å². The van der Waals surface area contributed by atoms with Crippen molar-refractivity contribution in [3.63, 3.8) is 0 Å². The van der Waals surface area contributed by atoms with Gasteiger partial charge in [0.2, 0.25) is 5.17 Å². The maximum Gasteiger partial charge on any atom is 0.283 e. The SMILES string of the molecule is Cc1ccccc1OCCOc1ccc(/C=C2/C(=N)N3N=C(N4CCCC4)SC3=NC2=O)cc1. The first-order chi connectivity index (χ1) is 16.6. The van der Waals surface area contributed by atoms with Gasteiger partial charge >= 0.3 is 0 Å². The van der Waals surface area contributed by atoms with Crippen LogP contribution in [0.3, 0.4) is 0 Å². The van der Waals surface area contributed by atoms with Crippen molar-refractivity contribution in [2.45, 2.75) is 19.8 Å². The van der Waals surface area contributed by atoms with E-state index in [1.54, 1.807) is 6.08 Å². The fourth-order valence-corrected chi connectivity index (χ4v) is 4.82. The molecule has 3 aliphatic rings. The Morgan fingerprint density at radius 3 is 2.53 bits per heavy atom. The van der Waals surface area contributed by atoms with Gasteiger partial charge in [-0.25, -0.2) is 0 Å². The van der Waals surface area contributed by atoms with Crippen molar-refractivity contribution in [3.05, 3.63) is 65.2 Å². The summed E-state index contributed by atoms with van der Waals surface area (Å²) >= 11 is 1.35. The van der Waals surface area contributed by atoms with E-state index in [1.165, 1.54) is 16.8 Å². The van der Waals surface area contributed by atoms with Gasteiger partial charge in [-0.1, -0.05) is 30.3 Å². The number of thioether (sulfide) groups is 1. The molecular weight excluding hydrogens is 450 g/mol. The summed E-state index contributed by atoms with van der Waals surface area (Å²) in [5.41, 5.74) is 2.09. The number of likely N-dealkylation sites (tertiary alicyclic amines) is 1. The van der Waals surface area contributed by atoms with E-state index in [0.717, 1.165) is 48.0 Å². The molecule has 34 heavy (non-hydrogen) atoms. The lowest BCUT2D eigenvalue weighted by molar-refractivity contribution is -0.114. The van der Waals surface area contributed by atoms with Crippen LogP contribution < -0.4 is 9.47 Å². The van der Waals surface area contributed by atoms with E-state index in [0.29, 0.717) is 24.1 Å². The molecule has 0 aromatic heterocycles. The van der Waals surface area contributed by atoms with E-state index < -0.39 is 5.91 Å². The number of hydrogen-bond donors (Lipinski definition) is 1. The number of carbonyl (C=O) groups is 1. The number of aryl methyl sites for hydroxylation is 1. The number of aliphatic imine (C=N–C) groups is 1. The van der Waals surface area contributed by atoms with Gasteiger partial charge in [-0.2, -0.15) is 10.0 Å². The number of carbonyl (C=O) groups excluding carboxylic acids is 1. The standard InChI is InChI=1S/C25H25N5O3S/c1-17-6-2-3-7-21(17)33-15-14-32-19-10-8-18(9-11-19)16-20-22(26)30-24(27-23(20)31)34-25(28-30)29-12-4-5-13-29/h2-3,6-11,16,26H,4-5,12-15H2,1H3/b20-16-,26-22?. The minimum absolute atomic E-state index is 0.0466. The highest BCUT2D eigenvalue weighted by Crippen LogP contribution is 2.31. The van der Waals surface area contributed by atoms with Crippen molar-refractivity contribution in [3.8, 4) is 11.5 Å². The van der Waals surface area contributed by atoms with E-state index in [-0.39, 0.29) is 11.4 Å². The highest BCUT2D eigenvalue weighted by Gasteiger charge is 2.37. The summed E-state index contributed by atoms with van der Waals surface area (Å²) in [7, 11) is 0. The van der Waals surface area contributed by atoms with Gasteiger partial charge in [0.15, 0.2) is 11.0 Å². The molecule has 1 N–H and O–H groups in total. The second kappa shape index (κ2) is 9.72. The summed E-state index contributed by atoms with van der Waals surface area (Å²) in [6.45, 7) is 4.76. The van der Waals surface area contributed by atoms with Crippen LogP contribution in [0.4, 0.5) is 0 Å². The Kier molecular flexibility index (Phi) is 6.35. The lowest BCUT2D eigenvalue weighted by Crippen LogP contribution is -2.35. The second-order valence-electron chi connectivity index (χ2n) is 8.13. The first kappa shape index (κ1) is 22.2. The summed E-state index contributed by atoms with van der Waals surface area (Å²) in [6.07, 6.45) is 3.93. The smallest absolute Gasteiger partial charge is 0.283 e. The van der Waals surface area contributed by atoms with Crippen LogP contribution >= 0.6 is 11.8 Å². The van der Waals surface area contributed by atoms with Gasteiger partial charge in [0.05, 0.1) is 5.57 Å². The van der Waals surface area contributed by atoms with Gasteiger partial charge in [-0.15, -0.1) is 5.10 Å². The number of hydrogen-bond acceptors (Lipinski definition) is 7. The lowest BCUT2D eigenvalue weighted by atomic mass is 10.1. The molecule has 1 amide bonds. The number of hydrazone groups is 1. The predicted octanol–water partition coefficient (Wildman–Crippen LogP) is 4.13. The topological polar surface area (TPSA) is 90.6 Å². The quantitative estimate of drug-likeness (QED) is 0.499. The van der Waals surface area contributed by atoms with Crippen LogP contribution in [-0.4, -0.2) is 58.3 Å². The molecule has 1 fully saturated rings. The molecule has 0 aliphatic carbocycles. The third-order valence-corrected chi connectivity index (χ3v) is 6.68. The molecule has 0 radical (unpaired) electrons. The van der Waals surface area contributed by atoms with Crippen LogP contribution in [0, 0.1) is 12.3 Å². The van der Waals surface area contributed by atoms with E-state index in [9.17, 15) is 4.79 Å². The number of ether oxygens (including phenoxy) is 2. The first-order valence-electron chi connectivity index (χ1n) is 11.2. The van der Waals surface area contributed by atoms with Crippen molar-refractivity contribution >= 4 is 39.9 Å². The second-order valence-corrected chi connectivity index (χ2v) is 9.06. The lowest BCUT2D eigenvalue weighted by Gasteiger charge is -2.20. The van der Waals surface area contributed by atoms with E-state index in [1.807, 2.05) is 55.5 Å². The Hall–Kier alpha value is -3.59. The van der Waals surface area contributed by atoms with Crippen molar-refractivity contribution in [1.29, 1.82) is 5.41 Å². The monoisotopic (exact) mass is 475 g/mol. The van der Waals surface area contributed by atoms with Crippen molar-refractivity contribution in [1.82, 2.24) is 9.91 Å². The molecule has 2 aromatic rings. The molecule has 3 heterocycles. The highest BCUT2D eigenvalue weighted by molar-refractivity contribution is 8.26. The van der Waals surface area contributed by atoms with E-state index in [2.05, 4.69) is 15.0 Å². The Bertz CT molecular complexity index is 1200. The number of para-hydroxylation sites is 1. The zero-order valence-electron chi connectivity index (χ0n) is 18.9. The zero-order valence-corrected chi connectivity index (χ0v) is 19.7. The summed E-state index contributed by atoms with van der Waals surface area (Å²) in [5, 5.41) is 15.8. The summed E-state index contributed by atoms with van der Waals surface area (Å²) in [6, 6.07) is 15.2. The molecule has 1 saturated heterocycles. The molecule has 0 atom stereocenters. The Morgan fingerprint density at radius 2 is 1.76 bits per heavy atom. The van der Waals surface area contributed by atoms with Gasteiger partial charge in [0.25, 0.3) is 5.91 Å². The number of benzene rings is 2. The number of nitrogens with one attached hydrogen (secondary N) is 1. The van der Waals surface area contributed by atoms with Crippen LogP contribution in [0.15, 0.2) is 64.2 Å². The van der Waals surface area contributed by atoms with Crippen LogP contribution in [-0.2, 0) is 4.79 Å². The van der Waals surface area contributed by atoms with Crippen LogP contribution in [0.5, 0.6) is 11.5 Å². The fourth-order valence-electron chi connectivity index (χ4n) is 3.87. The zero-order chi connectivity index (χ0) is 23.5. The summed E-state index contributed by atoms with van der Waals surface area (Å²) in [5.74, 6) is 1.18. The molecule has 2 aromatic carbocycles. The minimum atomic E-state index is -0.421. The Morgan fingerprint density at radius 1 is 1.03 bits per heavy atom. The summed E-state index contributed by atoms with van der Waals surface area (Å²) in [4.78, 5) is 19.0. The van der Waals surface area contributed by atoms with E-state index in [4.69, 9.17) is 14.9 Å². The normalized spacial score (nSPS) is 18.8. The van der Waals surface area contributed by atoms with Crippen molar-refractivity contribution in [2.75, 3.05) is 26.3 Å². The largest absolute Gasteiger partial charge is 0.490 e. The van der Waals surface area contributed by atoms with Crippen molar-refractivity contribution in [2.24, 2.45) is 10.1 Å². The average Bonchev–Trinajstić information content (AvgIpc) is 3.52. The van der Waals surface area contributed by atoms with Gasteiger partial charge in [0, 0.05) is 13.1 Å². The van der Waals surface area contributed by atoms with Gasteiger partial charge < -0.3 is 14.4 Å². The molecule has 5 rings (SSSR count).